The number of guanidine groups is 1. The van der Waals surface area contributed by atoms with Crippen LogP contribution in [0, 0.1) is 16.0 Å². The molecule has 1 atom stereocenters. The lowest BCUT2D eigenvalue weighted by Gasteiger charge is -2.34. The summed E-state index contributed by atoms with van der Waals surface area (Å²) in [6.45, 7) is 10.4. The Bertz CT molecular complexity index is 651. The smallest absolute Gasteiger partial charge is 0.269 e. The summed E-state index contributed by atoms with van der Waals surface area (Å²) in [4.78, 5) is 17.4. The summed E-state index contributed by atoms with van der Waals surface area (Å²) in [6, 6.07) is 6.44. The van der Waals surface area contributed by atoms with Gasteiger partial charge in [0, 0.05) is 52.0 Å². The van der Waals surface area contributed by atoms with Gasteiger partial charge in [-0.1, -0.05) is 26.0 Å². The molecule has 2 N–H and O–H groups in total. The zero-order valence-corrected chi connectivity index (χ0v) is 17.6. The standard InChI is InChI=1S/C20H33N5O4/c1-16(2)14-24-9-11-29-19(15-24)13-23-20(21-8-10-28-3)22-12-17-4-6-18(7-5-17)25(26)27/h4-7,16,19H,8-15H2,1-3H3,(H2,21,22,23). The molecule has 0 bridgehead atoms. The van der Waals surface area contributed by atoms with Crippen LogP contribution in [0.15, 0.2) is 29.3 Å². The first-order chi connectivity index (χ1) is 14.0. The van der Waals surface area contributed by atoms with Crippen LogP contribution in [0.2, 0.25) is 0 Å². The van der Waals surface area contributed by atoms with E-state index in [4.69, 9.17) is 9.47 Å². The number of nitrogens with one attached hydrogen (secondary N) is 2. The number of nitrogens with zero attached hydrogens (tertiary/aromatic N) is 3. The molecule has 0 aromatic heterocycles. The van der Waals surface area contributed by atoms with Crippen LogP contribution in [0.4, 0.5) is 5.69 Å². The first-order valence-corrected chi connectivity index (χ1v) is 10.1. The molecular formula is C20H33N5O4. The lowest BCUT2D eigenvalue weighted by Crippen LogP contribution is -2.50. The summed E-state index contributed by atoms with van der Waals surface area (Å²) in [5, 5.41) is 17.4. The lowest BCUT2D eigenvalue weighted by atomic mass is 10.2. The van der Waals surface area contributed by atoms with Crippen molar-refractivity contribution in [3.63, 3.8) is 0 Å². The maximum absolute atomic E-state index is 10.8. The molecule has 0 spiro atoms. The molecule has 1 fully saturated rings. The normalized spacial score (nSPS) is 18.1. The van der Waals surface area contributed by atoms with Crippen LogP contribution in [-0.4, -0.2) is 74.9 Å². The van der Waals surface area contributed by atoms with Gasteiger partial charge in [-0.25, -0.2) is 4.99 Å². The highest BCUT2D eigenvalue weighted by Gasteiger charge is 2.21. The largest absolute Gasteiger partial charge is 0.383 e. The van der Waals surface area contributed by atoms with Crippen molar-refractivity contribution in [2.75, 3.05) is 53.0 Å². The number of hydrogen-bond acceptors (Lipinski definition) is 6. The number of nitro benzene ring substituents is 1. The highest BCUT2D eigenvalue weighted by atomic mass is 16.6. The second kappa shape index (κ2) is 12.4. The minimum absolute atomic E-state index is 0.0784. The molecule has 1 saturated heterocycles. The van der Waals surface area contributed by atoms with Crippen LogP contribution in [0.1, 0.15) is 19.4 Å². The third-order valence-electron chi connectivity index (χ3n) is 4.51. The van der Waals surface area contributed by atoms with Crippen molar-refractivity contribution >= 4 is 11.6 Å². The van der Waals surface area contributed by atoms with Gasteiger partial charge in [0.2, 0.25) is 0 Å². The molecule has 1 unspecified atom stereocenters. The van der Waals surface area contributed by atoms with Crippen LogP contribution >= 0.6 is 0 Å². The van der Waals surface area contributed by atoms with Crippen LogP contribution in [0.3, 0.4) is 0 Å². The van der Waals surface area contributed by atoms with Gasteiger partial charge in [0.05, 0.1) is 30.8 Å². The number of benzene rings is 1. The maximum atomic E-state index is 10.8. The molecule has 0 amide bonds. The predicted molar refractivity (Wildman–Crippen MR) is 113 cm³/mol. The van der Waals surface area contributed by atoms with E-state index in [-0.39, 0.29) is 11.8 Å². The van der Waals surface area contributed by atoms with Crippen LogP contribution in [0.25, 0.3) is 0 Å². The minimum atomic E-state index is -0.404. The van der Waals surface area contributed by atoms with Crippen molar-refractivity contribution in [3.05, 3.63) is 39.9 Å². The van der Waals surface area contributed by atoms with Crippen LogP contribution < -0.4 is 10.6 Å². The summed E-state index contributed by atoms with van der Waals surface area (Å²) in [5.41, 5.74) is 0.982. The molecule has 1 aromatic carbocycles. The van der Waals surface area contributed by atoms with Gasteiger partial charge in [0.25, 0.3) is 5.69 Å². The first kappa shape index (κ1) is 23.1. The Morgan fingerprint density at radius 2 is 2.14 bits per heavy atom. The Morgan fingerprint density at radius 1 is 1.38 bits per heavy atom. The van der Waals surface area contributed by atoms with Crippen molar-refractivity contribution in [3.8, 4) is 0 Å². The van der Waals surface area contributed by atoms with E-state index in [0.717, 1.165) is 31.8 Å². The Kier molecular flexibility index (Phi) is 9.82. The van der Waals surface area contributed by atoms with Gasteiger partial charge in [-0.3, -0.25) is 15.0 Å². The van der Waals surface area contributed by atoms with Gasteiger partial charge >= 0.3 is 0 Å². The van der Waals surface area contributed by atoms with Crippen LogP contribution in [0.5, 0.6) is 0 Å². The molecule has 9 heteroatoms. The molecule has 1 aliphatic rings. The molecule has 2 rings (SSSR count). The molecule has 0 aliphatic carbocycles. The average molecular weight is 408 g/mol. The van der Waals surface area contributed by atoms with Gasteiger partial charge in [-0.2, -0.15) is 0 Å². The lowest BCUT2D eigenvalue weighted by molar-refractivity contribution is -0.384. The molecule has 0 saturated carbocycles. The monoisotopic (exact) mass is 407 g/mol. The fourth-order valence-corrected chi connectivity index (χ4v) is 3.14. The Hall–Kier alpha value is -2.23. The maximum Gasteiger partial charge on any atom is 0.269 e. The Morgan fingerprint density at radius 3 is 2.79 bits per heavy atom. The fourth-order valence-electron chi connectivity index (χ4n) is 3.14. The van der Waals surface area contributed by atoms with Gasteiger partial charge < -0.3 is 20.1 Å². The predicted octanol–water partition coefficient (Wildman–Crippen LogP) is 1.63. The molecule has 1 heterocycles. The summed E-state index contributed by atoms with van der Waals surface area (Å²) in [6.07, 6.45) is 0.108. The van der Waals surface area contributed by atoms with E-state index in [1.807, 2.05) is 0 Å². The van der Waals surface area contributed by atoms with Crippen molar-refractivity contribution in [2.45, 2.75) is 26.5 Å². The van der Waals surface area contributed by atoms with E-state index in [0.29, 0.717) is 38.1 Å². The number of aliphatic imine (C=N–C) groups is 1. The van der Waals surface area contributed by atoms with Crippen molar-refractivity contribution in [1.82, 2.24) is 15.5 Å². The topological polar surface area (TPSA) is 101 Å². The SMILES string of the molecule is COCCNC(=NCc1ccc([N+](=O)[O-])cc1)NCC1CN(CC(C)C)CCO1. The first-order valence-electron chi connectivity index (χ1n) is 10.1. The third kappa shape index (κ3) is 8.76. The Balaban J connectivity index is 1.90. The molecule has 1 aromatic rings. The zero-order valence-electron chi connectivity index (χ0n) is 17.6. The summed E-state index contributed by atoms with van der Waals surface area (Å²) >= 11 is 0. The van der Waals surface area contributed by atoms with Crippen molar-refractivity contribution in [2.24, 2.45) is 10.9 Å². The number of ether oxygens (including phenoxy) is 2. The molecule has 29 heavy (non-hydrogen) atoms. The summed E-state index contributed by atoms with van der Waals surface area (Å²) in [7, 11) is 1.65. The zero-order chi connectivity index (χ0) is 21.1. The van der Waals surface area contributed by atoms with E-state index in [1.54, 1.807) is 19.2 Å². The quantitative estimate of drug-likeness (QED) is 0.200. The van der Waals surface area contributed by atoms with Gasteiger partial charge in [0.1, 0.15) is 0 Å². The van der Waals surface area contributed by atoms with Gasteiger partial charge in [-0.05, 0) is 11.5 Å². The summed E-state index contributed by atoms with van der Waals surface area (Å²) in [5.74, 6) is 1.31. The highest BCUT2D eigenvalue weighted by molar-refractivity contribution is 5.79. The van der Waals surface area contributed by atoms with E-state index in [9.17, 15) is 10.1 Å². The van der Waals surface area contributed by atoms with E-state index in [1.165, 1.54) is 12.1 Å². The molecular weight excluding hydrogens is 374 g/mol. The molecule has 162 valence electrons. The van der Waals surface area contributed by atoms with E-state index < -0.39 is 4.92 Å². The van der Waals surface area contributed by atoms with Crippen molar-refractivity contribution < 1.29 is 14.4 Å². The third-order valence-corrected chi connectivity index (χ3v) is 4.51. The van der Waals surface area contributed by atoms with E-state index in [2.05, 4.69) is 34.4 Å². The van der Waals surface area contributed by atoms with Gasteiger partial charge in [-0.15, -0.1) is 0 Å². The molecule has 1 aliphatic heterocycles. The Labute approximate surface area is 172 Å². The van der Waals surface area contributed by atoms with E-state index >= 15 is 0 Å². The fraction of sp³-hybridized carbons (Fsp3) is 0.650. The number of methoxy groups -OCH3 is 1. The van der Waals surface area contributed by atoms with Crippen molar-refractivity contribution in [1.29, 1.82) is 0 Å². The molecule has 0 radical (unpaired) electrons. The second-order valence-electron chi connectivity index (χ2n) is 7.54. The molecule has 9 nitrogen and oxygen atoms in total. The van der Waals surface area contributed by atoms with Gasteiger partial charge in [0.15, 0.2) is 5.96 Å². The number of morpholine rings is 1. The summed E-state index contributed by atoms with van der Waals surface area (Å²) < 4.78 is 11.0. The number of non-ortho nitro benzene ring substituents is 1. The minimum Gasteiger partial charge on any atom is -0.383 e. The van der Waals surface area contributed by atoms with Crippen LogP contribution in [-0.2, 0) is 16.0 Å². The second-order valence-corrected chi connectivity index (χ2v) is 7.54. The number of hydrogen-bond donors (Lipinski definition) is 2. The highest BCUT2D eigenvalue weighted by Crippen LogP contribution is 2.12. The number of rotatable bonds is 10. The number of nitro groups is 1. The average Bonchev–Trinajstić information content (AvgIpc) is 2.70.